The number of hydrogen-bond acceptors (Lipinski definition) is 2. The third kappa shape index (κ3) is 2.74. The molecule has 0 bridgehead atoms. The zero-order valence-electron chi connectivity index (χ0n) is 16.0. The van der Waals surface area contributed by atoms with E-state index in [1.807, 2.05) is 13.1 Å². The molecule has 0 aliphatic heterocycles. The lowest BCUT2D eigenvalue weighted by molar-refractivity contribution is 1.13. The van der Waals surface area contributed by atoms with Gasteiger partial charge in [0.05, 0.1) is 5.69 Å². The van der Waals surface area contributed by atoms with Crippen molar-refractivity contribution in [3.63, 3.8) is 0 Å². The van der Waals surface area contributed by atoms with Gasteiger partial charge in [0.25, 0.3) is 0 Å². The summed E-state index contributed by atoms with van der Waals surface area (Å²) in [6.07, 6.45) is 1.91. The highest BCUT2D eigenvalue weighted by molar-refractivity contribution is 6.11. The molecular weight excluding hydrogens is 340 g/mol. The van der Waals surface area contributed by atoms with Gasteiger partial charge in [0.2, 0.25) is 0 Å². The van der Waals surface area contributed by atoms with E-state index in [2.05, 4.69) is 90.8 Å². The fraction of sp³-hybridized carbons (Fsp3) is 0.0769. The summed E-state index contributed by atoms with van der Waals surface area (Å²) in [5.74, 6) is 0. The molecule has 28 heavy (non-hydrogen) atoms. The van der Waals surface area contributed by atoms with E-state index >= 15 is 0 Å². The lowest BCUT2D eigenvalue weighted by Crippen LogP contribution is -1.91. The Hall–Kier alpha value is -3.52. The second kappa shape index (κ2) is 6.58. The average Bonchev–Trinajstić information content (AvgIpc) is 2.73. The molecule has 0 fully saturated rings. The number of fused-ring (bicyclic) bond motifs is 3. The van der Waals surface area contributed by atoms with Crippen LogP contribution in [0, 0.1) is 13.8 Å². The van der Waals surface area contributed by atoms with E-state index in [1.54, 1.807) is 0 Å². The zero-order valence-corrected chi connectivity index (χ0v) is 16.0. The van der Waals surface area contributed by atoms with Gasteiger partial charge in [-0.3, -0.25) is 9.97 Å². The molecule has 5 rings (SSSR count). The second-order valence-corrected chi connectivity index (χ2v) is 7.20. The molecule has 0 spiro atoms. The van der Waals surface area contributed by atoms with E-state index in [0.717, 1.165) is 22.6 Å². The first-order chi connectivity index (χ1) is 13.7. The smallest absolute Gasteiger partial charge is 0.0780 e. The summed E-state index contributed by atoms with van der Waals surface area (Å²) < 4.78 is 0. The number of aryl methyl sites for hydroxylation is 2. The summed E-state index contributed by atoms with van der Waals surface area (Å²) in [5.41, 5.74) is 6.61. The minimum atomic E-state index is 1.02. The number of benzene rings is 3. The van der Waals surface area contributed by atoms with Gasteiger partial charge in [-0.15, -0.1) is 0 Å². The standard InChI is InChI=1S/C26H20N2/c1-17-7-13-22(18(2)28-17)20-8-10-21(11-9-20)26-25-14-12-19-5-3-4-6-23(19)24(25)15-16-27-26/h3-16H,1-2H3. The molecule has 0 amide bonds. The van der Waals surface area contributed by atoms with Gasteiger partial charge in [0, 0.05) is 34.1 Å². The molecule has 0 saturated heterocycles. The molecule has 0 unspecified atom stereocenters. The van der Waals surface area contributed by atoms with Gasteiger partial charge in [-0.1, -0.05) is 66.7 Å². The number of rotatable bonds is 2. The summed E-state index contributed by atoms with van der Waals surface area (Å²) in [6, 6.07) is 27.8. The van der Waals surface area contributed by atoms with Crippen molar-refractivity contribution in [3.05, 3.63) is 96.4 Å². The van der Waals surface area contributed by atoms with Crippen LogP contribution >= 0.6 is 0 Å². The molecule has 0 saturated carbocycles. The minimum Gasteiger partial charge on any atom is -0.258 e. The van der Waals surface area contributed by atoms with Crippen LogP contribution < -0.4 is 0 Å². The van der Waals surface area contributed by atoms with Crippen LogP contribution in [0.3, 0.4) is 0 Å². The highest BCUT2D eigenvalue weighted by Gasteiger charge is 2.09. The van der Waals surface area contributed by atoms with Gasteiger partial charge < -0.3 is 0 Å². The maximum Gasteiger partial charge on any atom is 0.0780 e. The van der Waals surface area contributed by atoms with Gasteiger partial charge in [0.1, 0.15) is 0 Å². The highest BCUT2D eigenvalue weighted by Crippen LogP contribution is 2.32. The van der Waals surface area contributed by atoms with Crippen molar-refractivity contribution in [2.45, 2.75) is 13.8 Å². The predicted octanol–water partition coefficient (Wildman–Crippen LogP) is 6.73. The van der Waals surface area contributed by atoms with Crippen LogP contribution in [-0.2, 0) is 0 Å². The predicted molar refractivity (Wildman–Crippen MR) is 117 cm³/mol. The van der Waals surface area contributed by atoms with Crippen LogP contribution in [0.25, 0.3) is 43.9 Å². The molecule has 2 nitrogen and oxygen atoms in total. The maximum absolute atomic E-state index is 4.70. The summed E-state index contributed by atoms with van der Waals surface area (Å²) in [5, 5.41) is 4.94. The Kier molecular flexibility index (Phi) is 3.91. The molecule has 3 aromatic carbocycles. The number of hydrogen-bond donors (Lipinski definition) is 0. The Balaban J connectivity index is 1.63. The number of aromatic nitrogens is 2. The van der Waals surface area contributed by atoms with E-state index in [1.165, 1.54) is 32.7 Å². The maximum atomic E-state index is 4.70. The number of pyridine rings is 2. The summed E-state index contributed by atoms with van der Waals surface area (Å²) in [6.45, 7) is 4.09. The first-order valence-electron chi connectivity index (χ1n) is 9.52. The highest BCUT2D eigenvalue weighted by atomic mass is 14.7. The van der Waals surface area contributed by atoms with Crippen molar-refractivity contribution in [1.82, 2.24) is 9.97 Å². The van der Waals surface area contributed by atoms with Gasteiger partial charge in [-0.25, -0.2) is 0 Å². The monoisotopic (exact) mass is 360 g/mol. The van der Waals surface area contributed by atoms with Crippen molar-refractivity contribution < 1.29 is 0 Å². The van der Waals surface area contributed by atoms with E-state index in [4.69, 9.17) is 4.98 Å². The second-order valence-electron chi connectivity index (χ2n) is 7.20. The quantitative estimate of drug-likeness (QED) is 0.326. The third-order valence-corrected chi connectivity index (χ3v) is 5.37. The molecule has 0 N–H and O–H groups in total. The SMILES string of the molecule is Cc1ccc(-c2ccc(-c3nccc4c3ccc3ccccc34)cc2)c(C)n1. The van der Waals surface area contributed by atoms with Crippen LogP contribution in [0.15, 0.2) is 85.1 Å². The van der Waals surface area contributed by atoms with E-state index in [-0.39, 0.29) is 0 Å². The summed E-state index contributed by atoms with van der Waals surface area (Å²) in [4.78, 5) is 9.29. The lowest BCUT2D eigenvalue weighted by Gasteiger charge is -2.10. The van der Waals surface area contributed by atoms with E-state index in [0.29, 0.717) is 0 Å². The Labute approximate surface area is 164 Å². The van der Waals surface area contributed by atoms with E-state index < -0.39 is 0 Å². The average molecular weight is 360 g/mol. The minimum absolute atomic E-state index is 1.02. The molecule has 2 heterocycles. The van der Waals surface area contributed by atoms with Crippen molar-refractivity contribution in [2.75, 3.05) is 0 Å². The topological polar surface area (TPSA) is 25.8 Å². The van der Waals surface area contributed by atoms with Crippen LogP contribution in [0.4, 0.5) is 0 Å². The Morgan fingerprint density at radius 1 is 0.607 bits per heavy atom. The number of nitrogens with zero attached hydrogens (tertiary/aromatic N) is 2. The van der Waals surface area contributed by atoms with Crippen molar-refractivity contribution in [2.24, 2.45) is 0 Å². The molecule has 5 aromatic rings. The van der Waals surface area contributed by atoms with Gasteiger partial charge >= 0.3 is 0 Å². The molecular formula is C26H20N2. The van der Waals surface area contributed by atoms with Crippen LogP contribution in [0.2, 0.25) is 0 Å². The van der Waals surface area contributed by atoms with E-state index in [9.17, 15) is 0 Å². The lowest BCUT2D eigenvalue weighted by atomic mass is 9.97. The Bertz CT molecular complexity index is 1320. The largest absolute Gasteiger partial charge is 0.258 e. The fourth-order valence-electron chi connectivity index (χ4n) is 3.97. The zero-order chi connectivity index (χ0) is 19.1. The first-order valence-corrected chi connectivity index (χ1v) is 9.52. The molecule has 2 heteroatoms. The van der Waals surface area contributed by atoms with Gasteiger partial charge in [-0.05, 0) is 47.7 Å². The molecule has 0 radical (unpaired) electrons. The molecule has 2 aromatic heterocycles. The van der Waals surface area contributed by atoms with Gasteiger partial charge in [-0.2, -0.15) is 0 Å². The molecule has 0 aliphatic rings. The summed E-state index contributed by atoms with van der Waals surface area (Å²) in [7, 11) is 0. The Morgan fingerprint density at radius 3 is 2.21 bits per heavy atom. The fourth-order valence-corrected chi connectivity index (χ4v) is 3.97. The van der Waals surface area contributed by atoms with Crippen LogP contribution in [-0.4, -0.2) is 9.97 Å². The Morgan fingerprint density at radius 2 is 1.39 bits per heavy atom. The molecule has 134 valence electrons. The normalized spacial score (nSPS) is 11.2. The van der Waals surface area contributed by atoms with Crippen molar-refractivity contribution in [3.8, 4) is 22.4 Å². The first kappa shape index (κ1) is 16.6. The van der Waals surface area contributed by atoms with Crippen LogP contribution in [0.5, 0.6) is 0 Å². The van der Waals surface area contributed by atoms with Crippen molar-refractivity contribution >= 4 is 21.5 Å². The van der Waals surface area contributed by atoms with Crippen molar-refractivity contribution in [1.29, 1.82) is 0 Å². The third-order valence-electron chi connectivity index (χ3n) is 5.37. The summed E-state index contributed by atoms with van der Waals surface area (Å²) >= 11 is 0. The van der Waals surface area contributed by atoms with Gasteiger partial charge in [0.15, 0.2) is 0 Å². The molecule has 0 aliphatic carbocycles. The molecule has 0 atom stereocenters. The van der Waals surface area contributed by atoms with Crippen LogP contribution in [0.1, 0.15) is 11.4 Å².